The summed E-state index contributed by atoms with van der Waals surface area (Å²) in [5, 5.41) is 0. The largest absolute Gasteiger partial charge is 0.103 e. The zero-order valence-corrected chi connectivity index (χ0v) is 23.0. The van der Waals surface area contributed by atoms with Crippen LogP contribution in [0.1, 0.15) is 136 Å². The van der Waals surface area contributed by atoms with E-state index in [0.717, 1.165) is 6.42 Å². The molecule has 0 radical (unpaired) electrons. The van der Waals surface area contributed by atoms with Gasteiger partial charge in [-0.15, -0.1) is 6.58 Å². The molecule has 0 aliphatic carbocycles. The highest BCUT2D eigenvalue weighted by Crippen LogP contribution is 2.21. The smallest absolute Gasteiger partial charge is 0.0203 e. The van der Waals surface area contributed by atoms with Gasteiger partial charge in [0.15, 0.2) is 0 Å². The molecule has 0 unspecified atom stereocenters. The summed E-state index contributed by atoms with van der Waals surface area (Å²) in [5.41, 5.74) is 1.87. The summed E-state index contributed by atoms with van der Waals surface area (Å²) >= 11 is 0. The van der Waals surface area contributed by atoms with Crippen LogP contribution in [-0.2, 0) is 0 Å². The fourth-order valence-corrected chi connectivity index (χ4v) is 1.38. The van der Waals surface area contributed by atoms with Crippen molar-refractivity contribution in [1.82, 2.24) is 0 Å². The van der Waals surface area contributed by atoms with E-state index >= 15 is 0 Å². The van der Waals surface area contributed by atoms with Gasteiger partial charge >= 0.3 is 0 Å². The van der Waals surface area contributed by atoms with Crippen molar-refractivity contribution in [2.45, 2.75) is 136 Å². The van der Waals surface area contributed by atoms with Crippen molar-refractivity contribution in [1.29, 1.82) is 0 Å². The normalized spacial score (nSPS) is 12.1. The summed E-state index contributed by atoms with van der Waals surface area (Å²) in [6, 6.07) is 0. The van der Waals surface area contributed by atoms with Gasteiger partial charge in [0.1, 0.15) is 0 Å². The van der Waals surface area contributed by atoms with Gasteiger partial charge < -0.3 is 0 Å². The molecule has 0 saturated heterocycles. The van der Waals surface area contributed by atoms with Gasteiger partial charge in [0, 0.05) is 0 Å². The summed E-state index contributed by atoms with van der Waals surface area (Å²) < 4.78 is 0. The highest BCUT2D eigenvalue weighted by molar-refractivity contribution is 4.91. The first-order valence-electron chi connectivity index (χ1n) is 11.4. The Kier molecular flexibility index (Phi) is 21.7. The lowest BCUT2D eigenvalue weighted by Gasteiger charge is -2.16. The second kappa shape index (κ2) is 17.3. The number of hydrogen-bond acceptors (Lipinski definition) is 0. The predicted octanol–water partition coefficient (Wildman–Crippen LogP) is 10.9. The van der Waals surface area contributed by atoms with Crippen molar-refractivity contribution in [2.24, 2.45) is 21.7 Å². The molecule has 0 aliphatic heterocycles. The maximum atomic E-state index is 3.68. The van der Waals surface area contributed by atoms with Gasteiger partial charge in [-0.05, 0) is 47.3 Å². The zero-order valence-electron chi connectivity index (χ0n) is 23.0. The molecular weight excluding hydrogens is 336 g/mol. The average molecular weight is 397 g/mol. The van der Waals surface area contributed by atoms with E-state index in [1.54, 1.807) is 0 Å². The lowest BCUT2D eigenvalue weighted by molar-refractivity contribution is 0.367. The van der Waals surface area contributed by atoms with Crippen molar-refractivity contribution in [3.8, 4) is 0 Å². The molecule has 172 valence electrons. The molecule has 0 bridgehead atoms. The van der Waals surface area contributed by atoms with Crippen LogP contribution in [0.25, 0.3) is 0 Å². The molecule has 0 aromatic heterocycles. The van der Waals surface area contributed by atoms with Crippen LogP contribution in [0, 0.1) is 21.7 Å². The Morgan fingerprint density at radius 1 is 0.643 bits per heavy atom. The van der Waals surface area contributed by atoms with Crippen molar-refractivity contribution in [3.05, 3.63) is 24.8 Å². The first kappa shape index (κ1) is 35.0. The SMILES string of the molecule is C=CCCCC(C)(C)C.CC(C)(C)C.CC(C)(C)C.CCC/C=C/C(C)(C)C. The van der Waals surface area contributed by atoms with Crippen molar-refractivity contribution < 1.29 is 0 Å². The number of rotatable bonds is 5. The monoisotopic (exact) mass is 396 g/mol. The fourth-order valence-electron chi connectivity index (χ4n) is 1.38. The number of allylic oxidation sites excluding steroid dienone is 3. The molecule has 0 saturated carbocycles. The van der Waals surface area contributed by atoms with Crippen LogP contribution in [0.3, 0.4) is 0 Å². The molecule has 0 aliphatic rings. The molecule has 0 aromatic carbocycles. The topological polar surface area (TPSA) is 0 Å². The van der Waals surface area contributed by atoms with Gasteiger partial charge in [0.25, 0.3) is 0 Å². The molecular formula is C28H60. The van der Waals surface area contributed by atoms with Crippen LogP contribution in [-0.4, -0.2) is 0 Å². The summed E-state index contributed by atoms with van der Waals surface area (Å²) in [6.45, 7) is 36.9. The average Bonchev–Trinajstić information content (AvgIpc) is 2.33. The van der Waals surface area contributed by atoms with E-state index in [2.05, 4.69) is 123 Å². The second-order valence-corrected chi connectivity index (χ2v) is 13.3. The maximum absolute atomic E-state index is 3.68. The minimum Gasteiger partial charge on any atom is -0.103 e. The maximum Gasteiger partial charge on any atom is -0.0203 e. The van der Waals surface area contributed by atoms with Crippen LogP contribution in [0.5, 0.6) is 0 Å². The molecule has 0 aromatic rings. The van der Waals surface area contributed by atoms with E-state index in [0.29, 0.717) is 21.7 Å². The van der Waals surface area contributed by atoms with Crippen molar-refractivity contribution in [3.63, 3.8) is 0 Å². The minimum absolute atomic E-state index is 0.370. The highest BCUT2D eigenvalue weighted by Gasteiger charge is 2.07. The first-order valence-corrected chi connectivity index (χ1v) is 11.4. The molecule has 0 heterocycles. The van der Waals surface area contributed by atoms with Crippen LogP contribution >= 0.6 is 0 Å². The van der Waals surface area contributed by atoms with Gasteiger partial charge in [0.2, 0.25) is 0 Å². The van der Waals surface area contributed by atoms with Gasteiger partial charge in [0.05, 0.1) is 0 Å². The molecule has 0 atom stereocenters. The fraction of sp³-hybridized carbons (Fsp3) is 0.857. The number of unbranched alkanes of at least 4 members (excludes halogenated alkanes) is 2. The molecule has 0 fully saturated rings. The lowest BCUT2D eigenvalue weighted by atomic mass is 9.90. The van der Waals surface area contributed by atoms with Crippen LogP contribution in [0.15, 0.2) is 24.8 Å². The summed E-state index contributed by atoms with van der Waals surface area (Å²) in [4.78, 5) is 0. The third kappa shape index (κ3) is 116. The van der Waals surface area contributed by atoms with Gasteiger partial charge in [-0.2, -0.15) is 0 Å². The van der Waals surface area contributed by atoms with E-state index < -0.39 is 0 Å². The Morgan fingerprint density at radius 2 is 1.00 bits per heavy atom. The molecule has 0 heteroatoms. The molecule has 0 amide bonds. The van der Waals surface area contributed by atoms with Crippen LogP contribution < -0.4 is 0 Å². The summed E-state index contributed by atoms with van der Waals surface area (Å²) in [6.07, 6.45) is 12.8. The predicted molar refractivity (Wildman–Crippen MR) is 137 cm³/mol. The summed E-state index contributed by atoms with van der Waals surface area (Å²) in [7, 11) is 0. The molecule has 0 rings (SSSR count). The van der Waals surface area contributed by atoms with Crippen LogP contribution in [0.2, 0.25) is 0 Å². The van der Waals surface area contributed by atoms with Gasteiger partial charge in [-0.3, -0.25) is 0 Å². The van der Waals surface area contributed by atoms with E-state index in [1.807, 2.05) is 6.08 Å². The Hall–Kier alpha value is -0.520. The molecule has 28 heavy (non-hydrogen) atoms. The Morgan fingerprint density at radius 3 is 1.21 bits per heavy atom. The molecule has 0 spiro atoms. The summed E-state index contributed by atoms with van der Waals surface area (Å²) in [5.74, 6) is 0. The van der Waals surface area contributed by atoms with E-state index in [1.165, 1.54) is 25.7 Å². The standard InChI is InChI=1S/2C9H18.2C5H12/c2*1-5-6-7-8-9(2,3)4;2*1-5(2,3)4/h7-8H,5-6H2,1-4H3;5H,1,6-8H2,2-4H3;2*1-4H3/b8-7+;;;. The van der Waals surface area contributed by atoms with Gasteiger partial charge in [-0.1, -0.05) is 129 Å². The first-order chi connectivity index (χ1) is 12.1. The zero-order chi connectivity index (χ0) is 23.7. The third-order valence-electron chi connectivity index (χ3n) is 2.41. The van der Waals surface area contributed by atoms with Gasteiger partial charge in [-0.25, -0.2) is 0 Å². The Balaban J connectivity index is -0.000000143. The van der Waals surface area contributed by atoms with Crippen molar-refractivity contribution in [2.75, 3.05) is 0 Å². The van der Waals surface area contributed by atoms with E-state index in [4.69, 9.17) is 0 Å². The molecule has 0 nitrogen and oxygen atoms in total. The Labute approximate surface area is 182 Å². The minimum atomic E-state index is 0.370. The Bertz CT molecular complexity index is 317. The molecule has 0 N–H and O–H groups in total. The lowest BCUT2D eigenvalue weighted by Crippen LogP contribution is -2.03. The second-order valence-electron chi connectivity index (χ2n) is 13.3. The third-order valence-corrected chi connectivity index (χ3v) is 2.41. The quantitative estimate of drug-likeness (QED) is 0.320. The number of hydrogen-bond donors (Lipinski definition) is 0. The van der Waals surface area contributed by atoms with E-state index in [9.17, 15) is 0 Å². The highest BCUT2D eigenvalue weighted by atomic mass is 14.1. The van der Waals surface area contributed by atoms with Crippen molar-refractivity contribution >= 4 is 0 Å². The van der Waals surface area contributed by atoms with Crippen LogP contribution in [0.4, 0.5) is 0 Å². The van der Waals surface area contributed by atoms with E-state index in [-0.39, 0.29) is 0 Å².